The van der Waals surface area contributed by atoms with E-state index in [-0.39, 0.29) is 0 Å². The molecule has 0 saturated heterocycles. The van der Waals surface area contributed by atoms with E-state index in [1.165, 1.54) is 103 Å². The van der Waals surface area contributed by atoms with Crippen LogP contribution in [0.3, 0.4) is 0 Å². The first-order valence-electron chi connectivity index (χ1n) is 10.8. The highest BCUT2D eigenvalue weighted by Gasteiger charge is 2.14. The molecule has 0 aliphatic rings. The monoisotopic (exact) mass is 310 g/mol. The van der Waals surface area contributed by atoms with Crippen molar-refractivity contribution >= 4 is 0 Å². The molecule has 0 N–H and O–H groups in total. The number of hydrogen-bond acceptors (Lipinski definition) is 0. The molecule has 0 heterocycles. The topological polar surface area (TPSA) is 0 Å². The van der Waals surface area contributed by atoms with Crippen LogP contribution in [-0.4, -0.2) is 0 Å². The second-order valence-corrected chi connectivity index (χ2v) is 7.61. The van der Waals surface area contributed by atoms with Crippen molar-refractivity contribution in [3.63, 3.8) is 0 Å². The van der Waals surface area contributed by atoms with E-state index in [2.05, 4.69) is 27.7 Å². The zero-order valence-electron chi connectivity index (χ0n) is 16.5. The minimum Gasteiger partial charge on any atom is -0.0654 e. The Hall–Kier alpha value is 0. The van der Waals surface area contributed by atoms with Gasteiger partial charge in [0.15, 0.2) is 0 Å². The molecule has 0 radical (unpaired) electrons. The van der Waals surface area contributed by atoms with Gasteiger partial charge in [-0.05, 0) is 11.8 Å². The summed E-state index contributed by atoms with van der Waals surface area (Å²) in [4.78, 5) is 0. The molecule has 0 fully saturated rings. The fourth-order valence-corrected chi connectivity index (χ4v) is 3.74. The van der Waals surface area contributed by atoms with Gasteiger partial charge in [-0.2, -0.15) is 0 Å². The fourth-order valence-electron chi connectivity index (χ4n) is 3.74. The van der Waals surface area contributed by atoms with Crippen LogP contribution in [-0.2, 0) is 0 Å². The molecule has 0 aliphatic heterocycles. The molecule has 0 amide bonds. The molecule has 0 saturated carbocycles. The van der Waals surface area contributed by atoms with E-state index in [1.807, 2.05) is 0 Å². The van der Waals surface area contributed by atoms with Crippen LogP contribution in [0.4, 0.5) is 0 Å². The normalized spacial score (nSPS) is 14.2. The lowest BCUT2D eigenvalue weighted by Crippen LogP contribution is -2.11. The van der Waals surface area contributed by atoms with Crippen molar-refractivity contribution in [2.75, 3.05) is 0 Å². The van der Waals surface area contributed by atoms with Crippen molar-refractivity contribution < 1.29 is 0 Å². The molecule has 134 valence electrons. The van der Waals surface area contributed by atoms with Crippen LogP contribution in [0.5, 0.6) is 0 Å². The molecular formula is C22H46. The molecule has 0 aromatic heterocycles. The molecule has 0 nitrogen and oxygen atoms in total. The minimum atomic E-state index is 0.955. The van der Waals surface area contributed by atoms with E-state index in [1.54, 1.807) is 0 Å². The van der Waals surface area contributed by atoms with Gasteiger partial charge in [0.25, 0.3) is 0 Å². The van der Waals surface area contributed by atoms with Crippen LogP contribution in [0.25, 0.3) is 0 Å². The highest BCUT2D eigenvalue weighted by molar-refractivity contribution is 4.66. The summed E-state index contributed by atoms with van der Waals surface area (Å²) in [5.41, 5.74) is 0. The van der Waals surface area contributed by atoms with Crippen molar-refractivity contribution in [1.29, 1.82) is 0 Å². The zero-order valence-corrected chi connectivity index (χ0v) is 16.5. The first-order chi connectivity index (χ1) is 10.8. The van der Waals surface area contributed by atoms with Crippen LogP contribution >= 0.6 is 0 Å². The standard InChI is InChI=1S/C22H46/c1-5-8-10-12-14-15-17-19-21(4)22(7-3)20-18-16-13-11-9-6-2/h21-22H,5-20H2,1-4H3. The maximum absolute atomic E-state index is 2.52. The third-order valence-electron chi connectivity index (χ3n) is 5.52. The smallest absolute Gasteiger partial charge is 0.0391 e. The van der Waals surface area contributed by atoms with Gasteiger partial charge in [0.2, 0.25) is 0 Å². The van der Waals surface area contributed by atoms with E-state index < -0.39 is 0 Å². The average Bonchev–Trinajstić information content (AvgIpc) is 2.53. The third-order valence-corrected chi connectivity index (χ3v) is 5.52. The minimum absolute atomic E-state index is 0.955. The summed E-state index contributed by atoms with van der Waals surface area (Å²) in [6.45, 7) is 9.53. The lowest BCUT2D eigenvalue weighted by molar-refractivity contribution is 0.291. The summed E-state index contributed by atoms with van der Waals surface area (Å²) in [5, 5.41) is 0. The highest BCUT2D eigenvalue weighted by atomic mass is 14.2. The summed E-state index contributed by atoms with van der Waals surface area (Å²) >= 11 is 0. The Morgan fingerprint density at radius 2 is 0.909 bits per heavy atom. The molecule has 2 unspecified atom stereocenters. The molecule has 22 heavy (non-hydrogen) atoms. The maximum atomic E-state index is 2.52. The summed E-state index contributed by atoms with van der Waals surface area (Å²) in [7, 11) is 0. The second kappa shape index (κ2) is 17.4. The Labute approximate surface area is 142 Å². The molecule has 0 aliphatic carbocycles. The van der Waals surface area contributed by atoms with Crippen LogP contribution in [0.1, 0.15) is 130 Å². The summed E-state index contributed by atoms with van der Waals surface area (Å²) in [5.74, 6) is 1.95. The van der Waals surface area contributed by atoms with Gasteiger partial charge in [0, 0.05) is 0 Å². The highest BCUT2D eigenvalue weighted by Crippen LogP contribution is 2.27. The third kappa shape index (κ3) is 13.6. The largest absolute Gasteiger partial charge is 0.0654 e. The second-order valence-electron chi connectivity index (χ2n) is 7.61. The molecule has 0 bridgehead atoms. The van der Waals surface area contributed by atoms with Gasteiger partial charge in [-0.15, -0.1) is 0 Å². The molecular weight excluding hydrogens is 264 g/mol. The Morgan fingerprint density at radius 1 is 0.500 bits per heavy atom. The van der Waals surface area contributed by atoms with Gasteiger partial charge in [0.05, 0.1) is 0 Å². The van der Waals surface area contributed by atoms with Gasteiger partial charge in [-0.1, -0.05) is 130 Å². The van der Waals surface area contributed by atoms with Crippen molar-refractivity contribution in [3.05, 3.63) is 0 Å². The van der Waals surface area contributed by atoms with Crippen LogP contribution in [0.2, 0.25) is 0 Å². The molecule has 0 aromatic rings. The fraction of sp³-hybridized carbons (Fsp3) is 1.00. The summed E-state index contributed by atoms with van der Waals surface area (Å²) in [6.07, 6.45) is 23.2. The van der Waals surface area contributed by atoms with Crippen molar-refractivity contribution in [1.82, 2.24) is 0 Å². The summed E-state index contributed by atoms with van der Waals surface area (Å²) in [6, 6.07) is 0. The molecule has 0 aromatic carbocycles. The van der Waals surface area contributed by atoms with Crippen LogP contribution < -0.4 is 0 Å². The van der Waals surface area contributed by atoms with Gasteiger partial charge in [0.1, 0.15) is 0 Å². The molecule has 0 heteroatoms. The SMILES string of the molecule is CCCCCCCCCC(C)C(CC)CCCCCCCC. The predicted octanol–water partition coefficient (Wildman–Crippen LogP) is 8.54. The lowest BCUT2D eigenvalue weighted by atomic mass is 9.83. The first kappa shape index (κ1) is 22.0. The van der Waals surface area contributed by atoms with E-state index in [9.17, 15) is 0 Å². The Balaban J connectivity index is 3.53. The van der Waals surface area contributed by atoms with Gasteiger partial charge in [-0.3, -0.25) is 0 Å². The Kier molecular flexibility index (Phi) is 17.4. The van der Waals surface area contributed by atoms with E-state index in [0.717, 1.165) is 11.8 Å². The summed E-state index contributed by atoms with van der Waals surface area (Å²) < 4.78 is 0. The van der Waals surface area contributed by atoms with Crippen LogP contribution in [0, 0.1) is 11.8 Å². The first-order valence-corrected chi connectivity index (χ1v) is 10.8. The molecule has 0 spiro atoms. The molecule has 0 rings (SSSR count). The van der Waals surface area contributed by atoms with E-state index >= 15 is 0 Å². The van der Waals surface area contributed by atoms with Gasteiger partial charge < -0.3 is 0 Å². The molecule has 2 atom stereocenters. The van der Waals surface area contributed by atoms with Crippen molar-refractivity contribution in [2.45, 2.75) is 130 Å². The Bertz CT molecular complexity index is 196. The van der Waals surface area contributed by atoms with E-state index in [4.69, 9.17) is 0 Å². The van der Waals surface area contributed by atoms with Gasteiger partial charge >= 0.3 is 0 Å². The van der Waals surface area contributed by atoms with Crippen molar-refractivity contribution in [2.24, 2.45) is 11.8 Å². The number of rotatable bonds is 17. The van der Waals surface area contributed by atoms with Gasteiger partial charge in [-0.25, -0.2) is 0 Å². The van der Waals surface area contributed by atoms with E-state index in [0.29, 0.717) is 0 Å². The predicted molar refractivity (Wildman–Crippen MR) is 104 cm³/mol. The zero-order chi connectivity index (χ0) is 16.5. The lowest BCUT2D eigenvalue weighted by Gasteiger charge is -2.22. The quantitative estimate of drug-likeness (QED) is 0.236. The average molecular weight is 311 g/mol. The maximum Gasteiger partial charge on any atom is -0.0391 e. The van der Waals surface area contributed by atoms with Crippen molar-refractivity contribution in [3.8, 4) is 0 Å². The Morgan fingerprint density at radius 3 is 1.36 bits per heavy atom. The number of hydrogen-bond donors (Lipinski definition) is 0. The van der Waals surface area contributed by atoms with Crippen LogP contribution in [0.15, 0.2) is 0 Å². The number of unbranched alkanes of at least 4 members (excludes halogenated alkanes) is 11.